The maximum absolute atomic E-state index is 12.5. The Labute approximate surface area is 160 Å². The number of nitrogens with one attached hydrogen (secondary N) is 1. The molecule has 148 valence electrons. The van der Waals surface area contributed by atoms with E-state index >= 15 is 0 Å². The van der Waals surface area contributed by atoms with Gasteiger partial charge in [-0.05, 0) is 51.2 Å². The van der Waals surface area contributed by atoms with Gasteiger partial charge in [-0.2, -0.15) is 0 Å². The Bertz CT molecular complexity index is 819. The zero-order valence-electron chi connectivity index (χ0n) is 15.6. The fraction of sp³-hybridized carbons (Fsp3) is 0.526. The minimum atomic E-state index is -3.61. The molecule has 0 radical (unpaired) electrons. The molecule has 1 aromatic carbocycles. The van der Waals surface area contributed by atoms with Crippen LogP contribution in [-0.4, -0.2) is 40.0 Å². The number of amides is 1. The Balaban J connectivity index is 1.65. The van der Waals surface area contributed by atoms with Crippen LogP contribution in [0.25, 0.3) is 0 Å². The van der Waals surface area contributed by atoms with Crippen molar-refractivity contribution in [1.29, 1.82) is 0 Å². The predicted molar refractivity (Wildman–Crippen MR) is 104 cm³/mol. The molecule has 1 heterocycles. The third kappa shape index (κ3) is 4.94. The first-order valence-electron chi connectivity index (χ1n) is 9.34. The average molecular weight is 394 g/mol. The lowest BCUT2D eigenvalue weighted by molar-refractivity contribution is -0.119. The van der Waals surface area contributed by atoms with Crippen molar-refractivity contribution >= 4 is 21.6 Å². The molecule has 8 heteroatoms. The summed E-state index contributed by atoms with van der Waals surface area (Å²) in [4.78, 5) is 12.4. The van der Waals surface area contributed by atoms with Gasteiger partial charge in [-0.1, -0.05) is 11.6 Å². The molecule has 0 saturated heterocycles. The lowest BCUT2D eigenvalue weighted by Crippen LogP contribution is -2.41. The standard InChI is InChI=1S/C19H26N2O5S/c1-2-27(23,24)21(16-8-9-17-18(12-16)26-14-25-17)13-19(22)20-11-10-15-6-4-3-5-7-15/h6,8-9,12H,2-5,7,10-11,13-14H2,1H3,(H,20,22). The van der Waals surface area contributed by atoms with Gasteiger partial charge in [-0.3, -0.25) is 9.10 Å². The number of benzene rings is 1. The fourth-order valence-electron chi connectivity index (χ4n) is 3.23. The minimum Gasteiger partial charge on any atom is -0.454 e. The van der Waals surface area contributed by atoms with Crippen LogP contribution in [0, 0.1) is 0 Å². The molecule has 0 spiro atoms. The zero-order valence-corrected chi connectivity index (χ0v) is 16.4. The van der Waals surface area contributed by atoms with Crippen molar-refractivity contribution in [3.8, 4) is 11.5 Å². The second-order valence-electron chi connectivity index (χ2n) is 6.65. The summed E-state index contributed by atoms with van der Waals surface area (Å²) in [6, 6.07) is 4.87. The van der Waals surface area contributed by atoms with Crippen molar-refractivity contribution in [2.75, 3.05) is 29.9 Å². The molecule has 1 N–H and O–H groups in total. The third-order valence-corrected chi connectivity index (χ3v) is 6.53. The van der Waals surface area contributed by atoms with Crippen molar-refractivity contribution in [1.82, 2.24) is 5.32 Å². The minimum absolute atomic E-state index is 0.0956. The second kappa shape index (κ2) is 8.65. The largest absolute Gasteiger partial charge is 0.454 e. The van der Waals surface area contributed by atoms with E-state index in [4.69, 9.17) is 9.47 Å². The number of hydrogen-bond acceptors (Lipinski definition) is 5. The smallest absolute Gasteiger partial charge is 0.240 e. The molecule has 0 aromatic heterocycles. The molecular formula is C19H26N2O5S. The fourth-order valence-corrected chi connectivity index (χ4v) is 4.29. The first-order valence-corrected chi connectivity index (χ1v) is 10.9. The molecule has 27 heavy (non-hydrogen) atoms. The monoisotopic (exact) mass is 394 g/mol. The number of rotatable bonds is 8. The van der Waals surface area contributed by atoms with E-state index in [9.17, 15) is 13.2 Å². The van der Waals surface area contributed by atoms with Gasteiger partial charge in [0.2, 0.25) is 22.7 Å². The first kappa shape index (κ1) is 19.5. The zero-order chi connectivity index (χ0) is 19.3. The van der Waals surface area contributed by atoms with Crippen LogP contribution in [0.3, 0.4) is 0 Å². The maximum atomic E-state index is 12.5. The normalized spacial score (nSPS) is 16.0. The van der Waals surface area contributed by atoms with Crippen LogP contribution in [0.1, 0.15) is 39.0 Å². The number of hydrogen-bond donors (Lipinski definition) is 1. The molecule has 3 rings (SSSR count). The molecule has 1 amide bonds. The van der Waals surface area contributed by atoms with E-state index in [0.717, 1.165) is 23.6 Å². The van der Waals surface area contributed by atoms with E-state index in [0.29, 0.717) is 23.7 Å². The molecular weight excluding hydrogens is 368 g/mol. The Hall–Kier alpha value is -2.22. The molecule has 1 aliphatic carbocycles. The summed E-state index contributed by atoms with van der Waals surface area (Å²) in [5.41, 5.74) is 1.77. The van der Waals surface area contributed by atoms with Crippen molar-refractivity contribution in [3.05, 3.63) is 29.8 Å². The summed E-state index contributed by atoms with van der Waals surface area (Å²) in [7, 11) is -3.61. The Kier molecular flexibility index (Phi) is 6.26. The Morgan fingerprint density at radius 3 is 2.78 bits per heavy atom. The average Bonchev–Trinajstić information content (AvgIpc) is 3.14. The van der Waals surface area contributed by atoms with Crippen molar-refractivity contribution in [3.63, 3.8) is 0 Å². The van der Waals surface area contributed by atoms with Crippen molar-refractivity contribution in [2.24, 2.45) is 0 Å². The molecule has 7 nitrogen and oxygen atoms in total. The maximum Gasteiger partial charge on any atom is 0.240 e. The number of carbonyl (C=O) groups excluding carboxylic acids is 1. The highest BCUT2D eigenvalue weighted by Crippen LogP contribution is 2.36. The summed E-state index contributed by atoms with van der Waals surface area (Å²) in [5, 5.41) is 2.84. The van der Waals surface area contributed by atoms with Crippen LogP contribution in [0.4, 0.5) is 5.69 Å². The molecule has 0 fully saturated rings. The van der Waals surface area contributed by atoms with E-state index < -0.39 is 10.0 Å². The summed E-state index contributed by atoms with van der Waals surface area (Å²) in [5.74, 6) is 0.633. The Morgan fingerprint density at radius 1 is 1.22 bits per heavy atom. The van der Waals surface area contributed by atoms with E-state index in [1.54, 1.807) is 25.1 Å². The van der Waals surface area contributed by atoms with Gasteiger partial charge in [0.15, 0.2) is 11.5 Å². The summed E-state index contributed by atoms with van der Waals surface area (Å²) in [6.45, 7) is 1.93. The number of anilines is 1. The number of allylic oxidation sites excluding steroid dienone is 1. The van der Waals surface area contributed by atoms with E-state index in [1.807, 2.05) is 0 Å². The van der Waals surface area contributed by atoms with Gasteiger partial charge in [0.05, 0.1) is 11.4 Å². The van der Waals surface area contributed by atoms with Crippen LogP contribution in [0.15, 0.2) is 29.8 Å². The van der Waals surface area contributed by atoms with Gasteiger partial charge in [0, 0.05) is 12.6 Å². The van der Waals surface area contributed by atoms with Gasteiger partial charge < -0.3 is 14.8 Å². The first-order chi connectivity index (χ1) is 13.0. The summed E-state index contributed by atoms with van der Waals surface area (Å²) >= 11 is 0. The highest BCUT2D eigenvalue weighted by molar-refractivity contribution is 7.92. The van der Waals surface area contributed by atoms with Gasteiger partial charge in [-0.15, -0.1) is 0 Å². The lowest BCUT2D eigenvalue weighted by atomic mass is 9.97. The highest BCUT2D eigenvalue weighted by Gasteiger charge is 2.25. The number of fused-ring (bicyclic) bond motifs is 1. The second-order valence-corrected chi connectivity index (χ2v) is 8.83. The SMILES string of the molecule is CCS(=O)(=O)N(CC(=O)NCCC1=CCCCC1)c1ccc2c(c1)OCO2. The van der Waals surface area contributed by atoms with Crippen LogP contribution in [0.5, 0.6) is 11.5 Å². The van der Waals surface area contributed by atoms with E-state index in [2.05, 4.69) is 11.4 Å². The van der Waals surface area contributed by atoms with E-state index in [1.165, 1.54) is 18.4 Å². The summed E-state index contributed by atoms with van der Waals surface area (Å²) < 4.78 is 36.8. The molecule has 0 unspecified atom stereocenters. The number of sulfonamides is 1. The molecule has 0 saturated carbocycles. The van der Waals surface area contributed by atoms with Gasteiger partial charge in [0.1, 0.15) is 6.54 Å². The van der Waals surface area contributed by atoms with Gasteiger partial charge in [-0.25, -0.2) is 8.42 Å². The molecule has 0 atom stereocenters. The highest BCUT2D eigenvalue weighted by atomic mass is 32.2. The van der Waals surface area contributed by atoms with Crippen LogP contribution in [-0.2, 0) is 14.8 Å². The predicted octanol–water partition coefficient (Wildman–Crippen LogP) is 2.58. The topological polar surface area (TPSA) is 84.9 Å². The Morgan fingerprint density at radius 2 is 2.04 bits per heavy atom. The third-order valence-electron chi connectivity index (χ3n) is 4.79. The van der Waals surface area contributed by atoms with E-state index in [-0.39, 0.29) is 25.0 Å². The van der Waals surface area contributed by atoms with Gasteiger partial charge in [0.25, 0.3) is 0 Å². The number of ether oxygens (including phenoxy) is 2. The van der Waals surface area contributed by atoms with Crippen molar-refractivity contribution < 1.29 is 22.7 Å². The molecule has 2 aliphatic rings. The molecule has 0 bridgehead atoms. The van der Waals surface area contributed by atoms with Crippen LogP contribution in [0.2, 0.25) is 0 Å². The van der Waals surface area contributed by atoms with Crippen LogP contribution >= 0.6 is 0 Å². The number of nitrogens with zero attached hydrogens (tertiary/aromatic N) is 1. The quantitative estimate of drug-likeness (QED) is 0.685. The molecule has 1 aromatic rings. The van der Waals surface area contributed by atoms with Crippen molar-refractivity contribution in [2.45, 2.75) is 39.0 Å². The van der Waals surface area contributed by atoms with Gasteiger partial charge >= 0.3 is 0 Å². The lowest BCUT2D eigenvalue weighted by Gasteiger charge is -2.23. The van der Waals surface area contributed by atoms with Crippen LogP contribution < -0.4 is 19.1 Å². The molecule has 1 aliphatic heterocycles. The summed E-state index contributed by atoms with van der Waals surface area (Å²) in [6.07, 6.45) is 7.69. The number of carbonyl (C=O) groups is 1.